The van der Waals surface area contributed by atoms with Gasteiger partial charge in [0.15, 0.2) is 0 Å². The fourth-order valence-corrected chi connectivity index (χ4v) is 11.2. The summed E-state index contributed by atoms with van der Waals surface area (Å²) in [6.07, 6.45) is 4.55. The van der Waals surface area contributed by atoms with E-state index in [9.17, 15) is 15.3 Å². The van der Waals surface area contributed by atoms with Crippen molar-refractivity contribution >= 4 is 24.0 Å². The van der Waals surface area contributed by atoms with Gasteiger partial charge in [0, 0.05) is 54.7 Å². The molecule has 6 N–H and O–H groups in total. The first kappa shape index (κ1) is 43.3. The second-order valence-electron chi connectivity index (χ2n) is 12.7. The average molecular weight is 740 g/mol. The van der Waals surface area contributed by atoms with Gasteiger partial charge in [-0.05, 0) is 69.7 Å². The first-order chi connectivity index (χ1) is 22.8. The molecular formula is C40H55BrO6Si. The van der Waals surface area contributed by atoms with E-state index in [4.69, 9.17) is 21.7 Å². The number of aliphatic hydroxyl groups excluding tert-OH is 6. The normalized spacial score (nSPS) is 12.9. The van der Waals surface area contributed by atoms with Crippen LogP contribution >= 0.6 is 15.9 Å². The highest BCUT2D eigenvalue weighted by Gasteiger charge is 2.41. The molecule has 8 heteroatoms. The van der Waals surface area contributed by atoms with E-state index >= 15 is 0 Å². The lowest BCUT2D eigenvalue weighted by Gasteiger charge is -2.38. The Morgan fingerprint density at radius 1 is 0.562 bits per heavy atom. The molecule has 0 spiro atoms. The van der Waals surface area contributed by atoms with Crippen LogP contribution < -0.4 is 0 Å². The SMILES string of the molecule is C#Cc1ccc([C@@H](O)CCO)cc1.CC(C)[Si](C#Cc1ccc([C@@H](O)CCO)cc1)(C(C)C)C(C)C.OCC[C@H](O)c1ccc(Br)cc1. The van der Waals surface area contributed by atoms with Crippen LogP contribution in [0.3, 0.4) is 0 Å². The van der Waals surface area contributed by atoms with Gasteiger partial charge in [-0.1, -0.05) is 106 Å². The Kier molecular flexibility index (Phi) is 20.5. The van der Waals surface area contributed by atoms with Crippen LogP contribution in [0.25, 0.3) is 0 Å². The van der Waals surface area contributed by atoms with Crippen LogP contribution in [-0.4, -0.2) is 58.5 Å². The molecule has 0 saturated heterocycles. The van der Waals surface area contributed by atoms with E-state index in [1.165, 1.54) is 0 Å². The first-order valence-corrected chi connectivity index (χ1v) is 19.6. The molecule has 0 fully saturated rings. The fraction of sp³-hybridized carbons (Fsp3) is 0.450. The predicted molar refractivity (Wildman–Crippen MR) is 203 cm³/mol. The van der Waals surface area contributed by atoms with Gasteiger partial charge in [0.2, 0.25) is 0 Å². The summed E-state index contributed by atoms with van der Waals surface area (Å²) in [6.45, 7) is 13.9. The molecule has 0 aliphatic heterocycles. The maximum Gasteiger partial charge on any atom is 0.146 e. The Hall–Kier alpha value is -2.76. The molecule has 0 amide bonds. The summed E-state index contributed by atoms with van der Waals surface area (Å²) in [5.74, 6) is 5.90. The number of hydrogen-bond acceptors (Lipinski definition) is 6. The lowest BCUT2D eigenvalue weighted by atomic mass is 10.1. The molecule has 3 aromatic carbocycles. The molecule has 3 rings (SSSR count). The highest BCUT2D eigenvalue weighted by atomic mass is 79.9. The highest BCUT2D eigenvalue weighted by Crippen LogP contribution is 2.40. The molecule has 48 heavy (non-hydrogen) atoms. The molecule has 262 valence electrons. The zero-order valence-corrected chi connectivity index (χ0v) is 31.9. The molecule has 0 saturated carbocycles. The largest absolute Gasteiger partial charge is 0.396 e. The molecule has 0 aliphatic carbocycles. The minimum atomic E-state index is -1.70. The van der Waals surface area contributed by atoms with E-state index in [2.05, 4.69) is 74.9 Å². The van der Waals surface area contributed by atoms with Crippen molar-refractivity contribution in [2.75, 3.05) is 19.8 Å². The summed E-state index contributed by atoms with van der Waals surface area (Å²) in [4.78, 5) is 0. The number of rotatable bonds is 12. The van der Waals surface area contributed by atoms with Gasteiger partial charge in [-0.25, -0.2) is 0 Å². The Bertz CT molecular complexity index is 1380. The minimum Gasteiger partial charge on any atom is -0.396 e. The molecular weight excluding hydrogens is 684 g/mol. The number of benzene rings is 3. The molecule has 0 radical (unpaired) electrons. The van der Waals surface area contributed by atoms with Crippen molar-refractivity contribution in [1.29, 1.82) is 0 Å². The molecule has 6 nitrogen and oxygen atoms in total. The summed E-state index contributed by atoms with van der Waals surface area (Å²) in [5.41, 5.74) is 9.84. The van der Waals surface area contributed by atoms with Crippen molar-refractivity contribution < 1.29 is 30.6 Å². The number of terminal acetylenes is 1. The maximum atomic E-state index is 9.90. The van der Waals surface area contributed by atoms with E-state index in [1.54, 1.807) is 24.3 Å². The zero-order valence-electron chi connectivity index (χ0n) is 29.3. The van der Waals surface area contributed by atoms with E-state index in [0.29, 0.717) is 35.9 Å². The lowest BCUT2D eigenvalue weighted by molar-refractivity contribution is 0.134. The minimum absolute atomic E-state index is 0.00594. The topological polar surface area (TPSA) is 121 Å². The van der Waals surface area contributed by atoms with E-state index in [-0.39, 0.29) is 19.8 Å². The predicted octanol–water partition coefficient (Wildman–Crippen LogP) is 7.62. The van der Waals surface area contributed by atoms with Crippen LogP contribution in [0.1, 0.15) is 107 Å². The summed E-state index contributed by atoms with van der Waals surface area (Å²) >= 11 is 3.30. The highest BCUT2D eigenvalue weighted by molar-refractivity contribution is 9.10. The monoisotopic (exact) mass is 738 g/mol. The van der Waals surface area contributed by atoms with Crippen LogP contribution in [0.15, 0.2) is 77.3 Å². The number of halogens is 1. The third kappa shape index (κ3) is 14.0. The molecule has 0 aromatic heterocycles. The van der Waals surface area contributed by atoms with Crippen molar-refractivity contribution in [3.05, 3.63) is 105 Å². The molecule has 0 aliphatic rings. The second-order valence-corrected chi connectivity index (χ2v) is 19.2. The van der Waals surface area contributed by atoms with Crippen molar-refractivity contribution in [2.45, 2.75) is 95.7 Å². The smallest absolute Gasteiger partial charge is 0.146 e. The van der Waals surface area contributed by atoms with Gasteiger partial charge < -0.3 is 30.6 Å². The Balaban J connectivity index is 0.000000390. The molecule has 0 heterocycles. The van der Waals surface area contributed by atoms with Crippen LogP contribution in [0.5, 0.6) is 0 Å². The Labute approximate surface area is 298 Å². The third-order valence-electron chi connectivity index (χ3n) is 8.51. The van der Waals surface area contributed by atoms with Gasteiger partial charge >= 0.3 is 0 Å². The van der Waals surface area contributed by atoms with Gasteiger partial charge in [0.25, 0.3) is 0 Å². The maximum absolute atomic E-state index is 9.90. The average Bonchev–Trinajstić information content (AvgIpc) is 3.06. The van der Waals surface area contributed by atoms with Crippen molar-refractivity contribution in [3.63, 3.8) is 0 Å². The van der Waals surface area contributed by atoms with Gasteiger partial charge in [-0.2, -0.15) is 0 Å². The van der Waals surface area contributed by atoms with Crippen LogP contribution in [0, 0.1) is 23.8 Å². The Morgan fingerprint density at radius 2 is 0.875 bits per heavy atom. The molecule has 0 unspecified atom stereocenters. The Morgan fingerprint density at radius 3 is 1.17 bits per heavy atom. The van der Waals surface area contributed by atoms with Gasteiger partial charge in [0.05, 0.1) is 18.3 Å². The standard InChI is InChI=1S/C20H32O2Si.C11H12O2.C9H11BrO2/c1-15(2)23(16(3)4,17(5)6)14-12-18-7-9-19(10-8-18)20(22)11-13-21;1-2-9-3-5-10(6-4-9)11(13)7-8-12;10-8-3-1-7(2-4-8)9(12)5-6-11/h7-10,15-17,20-22H,11,13H2,1-6H3;1,3-6,11-13H,7-8H2;1-4,9,11-12H,5-6H2/t20-;11-;9-/m000/s1. The lowest BCUT2D eigenvalue weighted by Crippen LogP contribution is -2.43. The summed E-state index contributed by atoms with van der Waals surface area (Å²) in [6, 6.07) is 22.3. The zero-order chi connectivity index (χ0) is 36.3. The summed E-state index contributed by atoms with van der Waals surface area (Å²) in [7, 11) is -1.70. The van der Waals surface area contributed by atoms with Crippen LogP contribution in [0.2, 0.25) is 16.6 Å². The van der Waals surface area contributed by atoms with Crippen molar-refractivity contribution in [1.82, 2.24) is 0 Å². The first-order valence-electron chi connectivity index (χ1n) is 16.6. The van der Waals surface area contributed by atoms with Gasteiger partial charge in [0.1, 0.15) is 8.07 Å². The van der Waals surface area contributed by atoms with Gasteiger partial charge in [-0.15, -0.1) is 12.0 Å². The van der Waals surface area contributed by atoms with Crippen LogP contribution in [-0.2, 0) is 0 Å². The number of hydrogen-bond donors (Lipinski definition) is 6. The molecule has 3 atom stereocenters. The second kappa shape index (κ2) is 22.8. The quantitative estimate of drug-likeness (QED) is 0.0841. The van der Waals surface area contributed by atoms with Crippen LogP contribution in [0.4, 0.5) is 0 Å². The molecule has 0 bridgehead atoms. The number of aliphatic hydroxyl groups is 6. The summed E-state index contributed by atoms with van der Waals surface area (Å²) < 4.78 is 0.988. The van der Waals surface area contributed by atoms with Crippen molar-refractivity contribution in [2.24, 2.45) is 0 Å². The van der Waals surface area contributed by atoms with Crippen molar-refractivity contribution in [3.8, 4) is 23.8 Å². The van der Waals surface area contributed by atoms with E-state index in [0.717, 1.165) is 32.3 Å². The van der Waals surface area contributed by atoms with E-state index < -0.39 is 26.4 Å². The van der Waals surface area contributed by atoms with E-state index in [1.807, 2.05) is 48.5 Å². The van der Waals surface area contributed by atoms with Gasteiger partial charge in [-0.3, -0.25) is 0 Å². The third-order valence-corrected chi connectivity index (χ3v) is 15.3. The molecule has 3 aromatic rings. The summed E-state index contributed by atoms with van der Waals surface area (Å²) in [5, 5.41) is 54.9. The fourth-order valence-electron chi connectivity index (χ4n) is 5.76.